The minimum atomic E-state index is -0.0993. The summed E-state index contributed by atoms with van der Waals surface area (Å²) < 4.78 is 7.75. The first kappa shape index (κ1) is 13.5. The van der Waals surface area contributed by atoms with Crippen LogP contribution in [0.3, 0.4) is 0 Å². The molecule has 0 aliphatic carbocycles. The highest BCUT2D eigenvalue weighted by molar-refractivity contribution is 9.10. The van der Waals surface area contributed by atoms with Gasteiger partial charge in [0.05, 0.1) is 28.9 Å². The number of aromatic nitrogens is 2. The molecule has 1 unspecified atom stereocenters. The standard InChI is InChI=1S/C12H18BrN3O2/c1-8-11(13)10(15(2)14-8)7-16-5-4-9(6-16)12(17)18-3/h9H,4-7H2,1-3H3. The number of methoxy groups -OCH3 is 1. The number of rotatable bonds is 3. The molecular weight excluding hydrogens is 298 g/mol. The van der Waals surface area contributed by atoms with Crippen molar-refractivity contribution in [2.45, 2.75) is 19.9 Å². The molecule has 18 heavy (non-hydrogen) atoms. The molecule has 0 radical (unpaired) electrons. The summed E-state index contributed by atoms with van der Waals surface area (Å²) in [5, 5.41) is 4.37. The van der Waals surface area contributed by atoms with Crippen molar-refractivity contribution in [3.05, 3.63) is 15.9 Å². The SMILES string of the molecule is COC(=O)C1CCN(Cc2c(Br)c(C)nn2C)C1. The average Bonchev–Trinajstić information content (AvgIpc) is 2.90. The van der Waals surface area contributed by atoms with Crippen LogP contribution in [0.5, 0.6) is 0 Å². The molecule has 1 saturated heterocycles. The van der Waals surface area contributed by atoms with Gasteiger partial charge in [-0.15, -0.1) is 0 Å². The highest BCUT2D eigenvalue weighted by atomic mass is 79.9. The lowest BCUT2D eigenvalue weighted by molar-refractivity contribution is -0.144. The number of esters is 1. The van der Waals surface area contributed by atoms with E-state index < -0.39 is 0 Å². The van der Waals surface area contributed by atoms with Gasteiger partial charge in [0.1, 0.15) is 0 Å². The van der Waals surface area contributed by atoms with Gasteiger partial charge in [-0.25, -0.2) is 0 Å². The van der Waals surface area contributed by atoms with Crippen molar-refractivity contribution in [1.82, 2.24) is 14.7 Å². The van der Waals surface area contributed by atoms with Crippen LogP contribution in [0.25, 0.3) is 0 Å². The Morgan fingerprint density at radius 3 is 2.89 bits per heavy atom. The highest BCUT2D eigenvalue weighted by Crippen LogP contribution is 2.25. The first-order chi connectivity index (χ1) is 8.52. The Kier molecular flexibility index (Phi) is 4.07. The van der Waals surface area contributed by atoms with E-state index in [9.17, 15) is 4.79 Å². The third-order valence-electron chi connectivity index (χ3n) is 3.44. The average molecular weight is 316 g/mol. The lowest BCUT2D eigenvalue weighted by Crippen LogP contribution is -2.24. The summed E-state index contributed by atoms with van der Waals surface area (Å²) in [7, 11) is 3.40. The minimum Gasteiger partial charge on any atom is -0.469 e. The quantitative estimate of drug-likeness (QED) is 0.793. The monoisotopic (exact) mass is 315 g/mol. The molecule has 0 bridgehead atoms. The number of hydrogen-bond acceptors (Lipinski definition) is 4. The lowest BCUT2D eigenvalue weighted by atomic mass is 10.1. The first-order valence-electron chi connectivity index (χ1n) is 6.01. The van der Waals surface area contributed by atoms with Crippen LogP contribution in [0, 0.1) is 12.8 Å². The van der Waals surface area contributed by atoms with Crippen molar-refractivity contribution in [3.63, 3.8) is 0 Å². The second-order valence-corrected chi connectivity index (χ2v) is 5.51. The summed E-state index contributed by atoms with van der Waals surface area (Å²) in [6.07, 6.45) is 0.876. The largest absolute Gasteiger partial charge is 0.469 e. The van der Waals surface area contributed by atoms with Crippen LogP contribution in [0.2, 0.25) is 0 Å². The van der Waals surface area contributed by atoms with Crippen LogP contribution in [0.1, 0.15) is 17.8 Å². The van der Waals surface area contributed by atoms with Gasteiger partial charge in [0.25, 0.3) is 0 Å². The van der Waals surface area contributed by atoms with Gasteiger partial charge >= 0.3 is 5.97 Å². The molecule has 2 rings (SSSR count). The van der Waals surface area contributed by atoms with Crippen molar-refractivity contribution in [2.75, 3.05) is 20.2 Å². The molecule has 0 N–H and O–H groups in total. The fourth-order valence-electron chi connectivity index (χ4n) is 2.40. The number of ether oxygens (including phenoxy) is 1. The maximum absolute atomic E-state index is 11.5. The fourth-order valence-corrected chi connectivity index (χ4v) is 2.86. The Balaban J connectivity index is 2.01. The molecule has 6 heteroatoms. The van der Waals surface area contributed by atoms with Crippen molar-refractivity contribution in [1.29, 1.82) is 0 Å². The maximum atomic E-state index is 11.5. The van der Waals surface area contributed by atoms with Crippen LogP contribution in [0.15, 0.2) is 4.47 Å². The second kappa shape index (κ2) is 5.40. The number of aryl methyl sites for hydroxylation is 2. The van der Waals surface area contributed by atoms with Gasteiger partial charge < -0.3 is 4.74 Å². The lowest BCUT2D eigenvalue weighted by Gasteiger charge is -2.15. The van der Waals surface area contributed by atoms with E-state index in [2.05, 4.69) is 25.9 Å². The fraction of sp³-hybridized carbons (Fsp3) is 0.667. The van der Waals surface area contributed by atoms with Crippen molar-refractivity contribution in [2.24, 2.45) is 13.0 Å². The van der Waals surface area contributed by atoms with E-state index in [1.54, 1.807) is 0 Å². The van der Waals surface area contributed by atoms with Crippen molar-refractivity contribution < 1.29 is 9.53 Å². The van der Waals surface area contributed by atoms with E-state index in [0.717, 1.165) is 41.9 Å². The van der Waals surface area contributed by atoms with Gasteiger partial charge in [-0.2, -0.15) is 5.10 Å². The predicted octanol–water partition coefficient (Wildman–Crippen LogP) is 1.49. The summed E-state index contributed by atoms with van der Waals surface area (Å²) >= 11 is 3.56. The van der Waals surface area contributed by atoms with Crippen LogP contribution in [0.4, 0.5) is 0 Å². The molecule has 1 aliphatic rings. The summed E-state index contributed by atoms with van der Waals surface area (Å²) in [4.78, 5) is 13.7. The van der Waals surface area contributed by atoms with Crippen LogP contribution < -0.4 is 0 Å². The van der Waals surface area contributed by atoms with Gasteiger partial charge in [-0.1, -0.05) is 0 Å². The van der Waals surface area contributed by atoms with E-state index in [1.807, 2.05) is 18.7 Å². The number of nitrogens with zero attached hydrogens (tertiary/aromatic N) is 3. The number of carbonyl (C=O) groups is 1. The molecule has 1 aliphatic heterocycles. The molecule has 100 valence electrons. The first-order valence-corrected chi connectivity index (χ1v) is 6.80. The topological polar surface area (TPSA) is 47.4 Å². The Labute approximate surface area is 115 Å². The third-order valence-corrected chi connectivity index (χ3v) is 4.47. The predicted molar refractivity (Wildman–Crippen MR) is 71.0 cm³/mol. The highest BCUT2D eigenvalue weighted by Gasteiger charge is 2.29. The Morgan fingerprint density at radius 1 is 1.61 bits per heavy atom. The van der Waals surface area contributed by atoms with E-state index in [-0.39, 0.29) is 11.9 Å². The summed E-state index contributed by atoms with van der Waals surface area (Å²) in [6, 6.07) is 0. The zero-order chi connectivity index (χ0) is 13.3. The number of hydrogen-bond donors (Lipinski definition) is 0. The Bertz CT molecular complexity index is 458. The normalized spacial score (nSPS) is 20.3. The van der Waals surface area contributed by atoms with Gasteiger partial charge in [0.2, 0.25) is 0 Å². The number of carbonyl (C=O) groups excluding carboxylic acids is 1. The Morgan fingerprint density at radius 2 is 2.33 bits per heavy atom. The van der Waals surface area contributed by atoms with Crippen LogP contribution in [-0.4, -0.2) is 40.8 Å². The second-order valence-electron chi connectivity index (χ2n) is 4.71. The summed E-state index contributed by atoms with van der Waals surface area (Å²) in [6.45, 7) is 4.49. The van der Waals surface area contributed by atoms with E-state index in [4.69, 9.17) is 4.74 Å². The number of likely N-dealkylation sites (tertiary alicyclic amines) is 1. The molecule has 1 aromatic heterocycles. The van der Waals surface area contributed by atoms with E-state index in [1.165, 1.54) is 7.11 Å². The van der Waals surface area contributed by atoms with Crippen molar-refractivity contribution in [3.8, 4) is 0 Å². The van der Waals surface area contributed by atoms with Gasteiger partial charge in [0.15, 0.2) is 0 Å². The molecule has 1 aromatic rings. The van der Waals surface area contributed by atoms with Gasteiger partial charge in [-0.3, -0.25) is 14.4 Å². The molecule has 0 aromatic carbocycles. The van der Waals surface area contributed by atoms with Crippen molar-refractivity contribution >= 4 is 21.9 Å². The smallest absolute Gasteiger partial charge is 0.310 e. The molecule has 0 saturated carbocycles. The molecule has 1 fully saturated rings. The molecule has 0 amide bonds. The van der Waals surface area contributed by atoms with E-state index in [0.29, 0.717) is 0 Å². The summed E-state index contributed by atoms with van der Waals surface area (Å²) in [5.74, 6) is -0.0825. The minimum absolute atomic E-state index is 0.0168. The zero-order valence-corrected chi connectivity index (χ0v) is 12.5. The molecule has 0 spiro atoms. The molecule has 5 nitrogen and oxygen atoms in total. The van der Waals surface area contributed by atoms with Gasteiger partial charge in [-0.05, 0) is 35.8 Å². The zero-order valence-electron chi connectivity index (χ0n) is 10.9. The molecule has 1 atom stereocenters. The Hall–Kier alpha value is -0.880. The van der Waals surface area contributed by atoms with Gasteiger partial charge in [0, 0.05) is 20.1 Å². The van der Waals surface area contributed by atoms with E-state index >= 15 is 0 Å². The van der Waals surface area contributed by atoms with Crippen LogP contribution >= 0.6 is 15.9 Å². The van der Waals surface area contributed by atoms with Crippen LogP contribution in [-0.2, 0) is 23.1 Å². The molecule has 2 heterocycles. The third kappa shape index (κ3) is 2.59. The number of halogens is 1. The summed E-state index contributed by atoms with van der Waals surface area (Å²) in [5.41, 5.74) is 2.15. The maximum Gasteiger partial charge on any atom is 0.310 e. The molecular formula is C12H18BrN3O2.